The molecule has 1 aliphatic heterocycles. The molecule has 0 spiro atoms. The molecule has 3 N–H and O–H groups in total. The van der Waals surface area contributed by atoms with E-state index in [0.29, 0.717) is 38.6 Å². The number of benzene rings is 1. The van der Waals surface area contributed by atoms with Gasteiger partial charge >= 0.3 is 6.03 Å². The first kappa shape index (κ1) is 20.5. The van der Waals surface area contributed by atoms with Crippen LogP contribution in [0.4, 0.5) is 10.5 Å². The van der Waals surface area contributed by atoms with Gasteiger partial charge in [-0.05, 0) is 49.9 Å². The molecule has 3 rings (SSSR count). The second kappa shape index (κ2) is 9.24. The highest BCUT2D eigenvalue weighted by atomic mass is 35.5. The van der Waals surface area contributed by atoms with Gasteiger partial charge in [-0.15, -0.1) is 12.4 Å². The quantitative estimate of drug-likeness (QED) is 0.845. The first-order valence-electron chi connectivity index (χ1n) is 9.20. The van der Waals surface area contributed by atoms with Crippen LogP contribution in [0.25, 0.3) is 0 Å². The van der Waals surface area contributed by atoms with Crippen molar-refractivity contribution in [2.75, 3.05) is 38.0 Å². The summed E-state index contributed by atoms with van der Waals surface area (Å²) >= 11 is 0. The minimum Gasteiger partial charge on any atom is -0.339 e. The number of halogens is 1. The van der Waals surface area contributed by atoms with Crippen LogP contribution >= 0.6 is 12.4 Å². The van der Waals surface area contributed by atoms with Gasteiger partial charge in [0, 0.05) is 37.8 Å². The van der Waals surface area contributed by atoms with Gasteiger partial charge in [-0.25, -0.2) is 4.79 Å². The van der Waals surface area contributed by atoms with Gasteiger partial charge in [-0.1, -0.05) is 18.6 Å². The molecule has 2 atom stereocenters. The number of hydrogen-bond acceptors (Lipinski definition) is 3. The average molecular weight is 381 g/mol. The minimum atomic E-state index is -0.0987. The van der Waals surface area contributed by atoms with Crippen molar-refractivity contribution in [3.05, 3.63) is 29.8 Å². The Morgan fingerprint density at radius 1 is 1.15 bits per heavy atom. The first-order valence-corrected chi connectivity index (χ1v) is 9.20. The summed E-state index contributed by atoms with van der Waals surface area (Å²) in [4.78, 5) is 28.8. The summed E-state index contributed by atoms with van der Waals surface area (Å²) < 4.78 is 0. The van der Waals surface area contributed by atoms with E-state index in [4.69, 9.17) is 5.73 Å². The fraction of sp³-hybridized carbons (Fsp3) is 0.579. The lowest BCUT2D eigenvalue weighted by Gasteiger charge is -2.36. The van der Waals surface area contributed by atoms with Crippen molar-refractivity contribution in [2.24, 2.45) is 17.6 Å². The summed E-state index contributed by atoms with van der Waals surface area (Å²) in [5.74, 6) is 0.638. The number of hydrogen-bond donors (Lipinski definition) is 2. The van der Waals surface area contributed by atoms with Gasteiger partial charge in [0.15, 0.2) is 0 Å². The predicted molar refractivity (Wildman–Crippen MR) is 105 cm³/mol. The Labute approximate surface area is 161 Å². The zero-order valence-electron chi connectivity index (χ0n) is 15.3. The number of piperazine rings is 1. The van der Waals surface area contributed by atoms with Crippen LogP contribution in [0, 0.1) is 18.8 Å². The number of nitrogens with two attached hydrogens (primary N) is 1. The van der Waals surface area contributed by atoms with Gasteiger partial charge in [0.25, 0.3) is 0 Å². The third-order valence-corrected chi connectivity index (χ3v) is 5.43. The third kappa shape index (κ3) is 4.68. The molecule has 0 radical (unpaired) electrons. The maximum absolute atomic E-state index is 12.7. The van der Waals surface area contributed by atoms with Gasteiger partial charge < -0.3 is 20.9 Å². The van der Waals surface area contributed by atoms with Crippen LogP contribution in [0.1, 0.15) is 24.8 Å². The van der Waals surface area contributed by atoms with Crippen molar-refractivity contribution >= 4 is 30.0 Å². The molecule has 1 aliphatic carbocycles. The van der Waals surface area contributed by atoms with Crippen LogP contribution < -0.4 is 11.1 Å². The van der Waals surface area contributed by atoms with E-state index in [0.717, 1.165) is 30.5 Å². The first-order chi connectivity index (χ1) is 12.1. The topological polar surface area (TPSA) is 78.7 Å². The van der Waals surface area contributed by atoms with Crippen molar-refractivity contribution in [3.8, 4) is 0 Å². The average Bonchev–Trinajstić information content (AvgIpc) is 3.10. The van der Waals surface area contributed by atoms with Crippen LogP contribution in [-0.4, -0.2) is 54.5 Å². The summed E-state index contributed by atoms with van der Waals surface area (Å²) in [6.45, 7) is 4.95. The van der Waals surface area contributed by atoms with Crippen molar-refractivity contribution in [2.45, 2.75) is 26.2 Å². The number of urea groups is 1. The smallest absolute Gasteiger partial charge is 0.321 e. The number of nitrogens with zero attached hydrogens (tertiary/aromatic N) is 2. The number of carbonyl (C=O) groups is 2. The number of nitrogens with one attached hydrogen (secondary N) is 1. The summed E-state index contributed by atoms with van der Waals surface area (Å²) in [5, 5.41) is 2.93. The molecular formula is C19H29ClN4O2. The molecule has 6 nitrogen and oxygen atoms in total. The van der Waals surface area contributed by atoms with Gasteiger partial charge in [0.2, 0.25) is 5.91 Å². The highest BCUT2D eigenvalue weighted by molar-refractivity contribution is 5.89. The molecule has 1 saturated carbocycles. The maximum Gasteiger partial charge on any atom is 0.321 e. The Bertz CT molecular complexity index is 632. The summed E-state index contributed by atoms with van der Waals surface area (Å²) in [6, 6.07) is 7.66. The van der Waals surface area contributed by atoms with Gasteiger partial charge in [-0.3, -0.25) is 4.79 Å². The van der Waals surface area contributed by atoms with E-state index >= 15 is 0 Å². The number of rotatable bonds is 3. The fourth-order valence-electron chi connectivity index (χ4n) is 3.93. The molecule has 1 saturated heterocycles. The summed E-state index contributed by atoms with van der Waals surface area (Å²) in [7, 11) is 0. The zero-order chi connectivity index (χ0) is 17.8. The Balaban J connectivity index is 0.00000243. The lowest BCUT2D eigenvalue weighted by molar-refractivity contribution is -0.138. The normalized spacial score (nSPS) is 22.7. The monoisotopic (exact) mass is 380 g/mol. The van der Waals surface area contributed by atoms with E-state index in [1.165, 1.54) is 0 Å². The molecule has 3 amide bonds. The second-order valence-corrected chi connectivity index (χ2v) is 7.15. The lowest BCUT2D eigenvalue weighted by atomic mass is 9.94. The largest absolute Gasteiger partial charge is 0.339 e. The molecule has 7 heteroatoms. The molecule has 1 heterocycles. The van der Waals surface area contributed by atoms with Gasteiger partial charge in [0.05, 0.1) is 0 Å². The molecule has 1 aromatic carbocycles. The fourth-order valence-corrected chi connectivity index (χ4v) is 3.93. The molecule has 144 valence electrons. The molecule has 0 unspecified atom stereocenters. The van der Waals surface area contributed by atoms with Gasteiger partial charge in [0.1, 0.15) is 0 Å². The highest BCUT2D eigenvalue weighted by Gasteiger charge is 2.36. The zero-order valence-corrected chi connectivity index (χ0v) is 16.1. The van der Waals surface area contributed by atoms with Crippen LogP contribution in [0.3, 0.4) is 0 Å². The minimum absolute atomic E-state index is 0. The lowest BCUT2D eigenvalue weighted by Crippen LogP contribution is -2.53. The Hall–Kier alpha value is -1.79. The van der Waals surface area contributed by atoms with Crippen molar-refractivity contribution in [1.29, 1.82) is 0 Å². The van der Waals surface area contributed by atoms with E-state index in [1.807, 2.05) is 36.1 Å². The Morgan fingerprint density at radius 2 is 1.85 bits per heavy atom. The molecule has 0 bridgehead atoms. The van der Waals surface area contributed by atoms with Crippen LogP contribution in [0.15, 0.2) is 24.3 Å². The van der Waals surface area contributed by atoms with E-state index in [1.54, 1.807) is 4.90 Å². The molecule has 2 aliphatic rings. The van der Waals surface area contributed by atoms with E-state index in [-0.39, 0.29) is 30.3 Å². The van der Waals surface area contributed by atoms with Crippen LogP contribution in [-0.2, 0) is 4.79 Å². The highest BCUT2D eigenvalue weighted by Crippen LogP contribution is 2.32. The molecule has 26 heavy (non-hydrogen) atoms. The number of amides is 3. The number of anilines is 1. The van der Waals surface area contributed by atoms with Crippen molar-refractivity contribution in [1.82, 2.24) is 9.80 Å². The maximum atomic E-state index is 12.7. The van der Waals surface area contributed by atoms with Crippen molar-refractivity contribution in [3.63, 3.8) is 0 Å². The Morgan fingerprint density at radius 3 is 2.50 bits per heavy atom. The predicted octanol–water partition coefficient (Wildman–Crippen LogP) is 2.47. The summed E-state index contributed by atoms with van der Waals surface area (Å²) in [5.41, 5.74) is 7.72. The van der Waals surface area contributed by atoms with Gasteiger partial charge in [-0.2, -0.15) is 0 Å². The third-order valence-electron chi connectivity index (χ3n) is 5.43. The van der Waals surface area contributed by atoms with E-state index in [9.17, 15) is 9.59 Å². The van der Waals surface area contributed by atoms with E-state index in [2.05, 4.69) is 5.32 Å². The van der Waals surface area contributed by atoms with E-state index < -0.39 is 0 Å². The summed E-state index contributed by atoms with van der Waals surface area (Å²) in [6.07, 6.45) is 3.11. The standard InChI is InChI=1S/C19H28N4O2.ClH/c1-14-4-2-6-16(12-14)21-19(25)23-10-8-22(9-11-23)18(24)17-7-3-5-15(17)13-20;/h2,4,6,12,15,17H,3,5,7-11,13,20H2,1H3,(H,21,25);1H/t15-,17-;/m1./s1. The number of carbonyl (C=O) groups excluding carboxylic acids is 2. The Kier molecular flexibility index (Phi) is 7.29. The second-order valence-electron chi connectivity index (χ2n) is 7.15. The molecular weight excluding hydrogens is 352 g/mol. The molecule has 1 aromatic rings. The van der Waals surface area contributed by atoms with Crippen LogP contribution in [0.5, 0.6) is 0 Å². The van der Waals surface area contributed by atoms with Crippen molar-refractivity contribution < 1.29 is 9.59 Å². The number of aryl methyl sites for hydroxylation is 1. The van der Waals surface area contributed by atoms with Crippen LogP contribution in [0.2, 0.25) is 0 Å². The molecule has 0 aromatic heterocycles. The molecule has 2 fully saturated rings. The SMILES string of the molecule is Cc1cccc(NC(=O)N2CCN(C(=O)[C@@H]3CCC[C@@H]3CN)CC2)c1.Cl.